The van der Waals surface area contributed by atoms with Crippen LogP contribution >= 0.6 is 19.2 Å². The van der Waals surface area contributed by atoms with Crippen LogP contribution in [0.4, 0.5) is 4.79 Å². The summed E-state index contributed by atoms with van der Waals surface area (Å²) in [4.78, 5) is 35.4. The second-order valence-corrected chi connectivity index (χ2v) is 10.3. The van der Waals surface area contributed by atoms with Gasteiger partial charge in [0.1, 0.15) is 19.3 Å². The van der Waals surface area contributed by atoms with Crippen LogP contribution in [0.1, 0.15) is 23.1 Å². The Morgan fingerprint density at radius 1 is 0.806 bits per heavy atom. The summed E-state index contributed by atoms with van der Waals surface area (Å²) in [5, 5.41) is 2.97. The molecule has 2 N–H and O–H groups in total. The van der Waals surface area contributed by atoms with E-state index in [1.165, 1.54) is 0 Å². The van der Waals surface area contributed by atoms with Crippen molar-refractivity contribution >= 4 is 31.3 Å². The summed E-state index contributed by atoms with van der Waals surface area (Å²) in [5.41, 5.74) is 2.19. The Morgan fingerprint density at radius 3 is 1.92 bits per heavy atom. The summed E-state index contributed by atoms with van der Waals surface area (Å²) in [6, 6.07) is 23.5. The molecule has 0 bridgehead atoms. The first-order valence-corrected chi connectivity index (χ1v) is 13.3. The first-order chi connectivity index (χ1) is 17.3. The maximum Gasteiger partial charge on any atom is 0.408 e. The molecule has 2 atom stereocenters. The zero-order chi connectivity index (χ0) is 25.8. The van der Waals surface area contributed by atoms with E-state index in [9.17, 15) is 19.0 Å². The number of amides is 1. The number of hydrogen-bond acceptors (Lipinski definition) is 6. The van der Waals surface area contributed by atoms with E-state index in [1.807, 2.05) is 24.3 Å². The van der Waals surface area contributed by atoms with E-state index in [0.29, 0.717) is 10.6 Å². The number of nitrogens with one attached hydrogen (secondary N) is 1. The molecule has 0 fully saturated rings. The van der Waals surface area contributed by atoms with Crippen molar-refractivity contribution in [3.8, 4) is 0 Å². The monoisotopic (exact) mass is 531 g/mol. The van der Waals surface area contributed by atoms with Crippen LogP contribution in [0.15, 0.2) is 84.9 Å². The van der Waals surface area contributed by atoms with Crippen LogP contribution < -0.4 is 5.32 Å². The van der Waals surface area contributed by atoms with Gasteiger partial charge in [0.15, 0.2) is 0 Å². The van der Waals surface area contributed by atoms with Crippen molar-refractivity contribution in [3.63, 3.8) is 0 Å². The first kappa shape index (κ1) is 27.4. The molecule has 0 radical (unpaired) electrons. The van der Waals surface area contributed by atoms with E-state index >= 15 is 0 Å². The predicted octanol–water partition coefficient (Wildman–Crippen LogP) is 5.47. The van der Waals surface area contributed by atoms with Gasteiger partial charge in [-0.15, -0.1) is 0 Å². The smallest absolute Gasteiger partial charge is 0.408 e. The number of benzene rings is 3. The van der Waals surface area contributed by atoms with Gasteiger partial charge in [-0.3, -0.25) is 4.57 Å². The third-order valence-electron chi connectivity index (χ3n) is 5.06. The first-order valence-electron chi connectivity index (χ1n) is 11.2. The average molecular weight is 532 g/mol. The maximum atomic E-state index is 12.7. The largest absolute Gasteiger partial charge is 0.459 e. The zero-order valence-corrected chi connectivity index (χ0v) is 21.1. The third-order valence-corrected chi connectivity index (χ3v) is 6.67. The summed E-state index contributed by atoms with van der Waals surface area (Å²) < 4.78 is 28.3. The van der Waals surface area contributed by atoms with E-state index in [0.717, 1.165) is 11.1 Å². The molecular weight excluding hydrogens is 505 g/mol. The highest BCUT2D eigenvalue weighted by Gasteiger charge is 2.28. The second kappa shape index (κ2) is 13.8. The minimum absolute atomic E-state index is 0.00114. The molecule has 0 saturated carbocycles. The Kier molecular flexibility index (Phi) is 10.5. The SMILES string of the molecule is O=C(NC(CCP(=O)(O)OCc1ccc(Cl)cc1)C(=O)OCc1ccccc1)OCc1ccccc1. The molecule has 0 spiro atoms. The number of carbonyl (C=O) groups excluding carboxylic acids is 2. The van der Waals surface area contributed by atoms with Crippen LogP contribution in [0.5, 0.6) is 0 Å². The topological polar surface area (TPSA) is 111 Å². The van der Waals surface area contributed by atoms with Crippen molar-refractivity contribution in [1.29, 1.82) is 0 Å². The highest BCUT2D eigenvalue weighted by Crippen LogP contribution is 2.43. The highest BCUT2D eigenvalue weighted by molar-refractivity contribution is 7.52. The Morgan fingerprint density at radius 2 is 1.33 bits per heavy atom. The van der Waals surface area contributed by atoms with E-state index < -0.39 is 25.7 Å². The minimum atomic E-state index is -4.08. The zero-order valence-electron chi connectivity index (χ0n) is 19.4. The summed E-state index contributed by atoms with van der Waals surface area (Å²) in [5.74, 6) is -0.756. The molecule has 3 aromatic rings. The molecular formula is C26H27ClNO7P. The fraction of sp³-hybridized carbons (Fsp3) is 0.231. The molecule has 0 saturated heterocycles. The Bertz CT molecular complexity index is 1160. The van der Waals surface area contributed by atoms with Gasteiger partial charge in [0, 0.05) is 5.02 Å². The Labute approximate surface area is 214 Å². The second-order valence-electron chi connectivity index (χ2n) is 7.90. The van der Waals surface area contributed by atoms with Crippen LogP contribution in [0.2, 0.25) is 5.02 Å². The number of carbonyl (C=O) groups is 2. The Balaban J connectivity index is 1.57. The normalized spacial score (nSPS) is 13.3. The number of ether oxygens (including phenoxy) is 2. The van der Waals surface area contributed by atoms with Gasteiger partial charge < -0.3 is 24.2 Å². The quantitative estimate of drug-likeness (QED) is 0.235. The molecule has 36 heavy (non-hydrogen) atoms. The van der Waals surface area contributed by atoms with E-state index in [2.05, 4.69) is 5.32 Å². The molecule has 2 unspecified atom stereocenters. The van der Waals surface area contributed by atoms with Gasteiger partial charge in [-0.05, 0) is 35.2 Å². The van der Waals surface area contributed by atoms with E-state index in [4.69, 9.17) is 25.6 Å². The van der Waals surface area contributed by atoms with Gasteiger partial charge in [0.2, 0.25) is 0 Å². The summed E-state index contributed by atoms with van der Waals surface area (Å²) in [6.07, 6.45) is -1.43. The molecule has 190 valence electrons. The number of halogens is 1. The van der Waals surface area contributed by atoms with Gasteiger partial charge in [-0.25, -0.2) is 9.59 Å². The molecule has 0 aliphatic rings. The molecule has 3 rings (SSSR count). The van der Waals surface area contributed by atoms with Gasteiger partial charge >= 0.3 is 19.7 Å². The van der Waals surface area contributed by atoms with Crippen LogP contribution in [0, 0.1) is 0 Å². The van der Waals surface area contributed by atoms with E-state index in [-0.39, 0.29) is 32.4 Å². The summed E-state index contributed by atoms with van der Waals surface area (Å²) in [7, 11) is -4.08. The van der Waals surface area contributed by atoms with Crippen LogP contribution in [-0.4, -0.2) is 29.2 Å². The molecule has 3 aromatic carbocycles. The summed E-state index contributed by atoms with van der Waals surface area (Å²) in [6.45, 7) is -0.122. The molecule has 0 aliphatic heterocycles. The van der Waals surface area contributed by atoms with Crippen molar-refractivity contribution in [2.24, 2.45) is 0 Å². The molecule has 0 aliphatic carbocycles. The maximum absolute atomic E-state index is 12.7. The number of esters is 1. The van der Waals surface area contributed by atoms with Crippen molar-refractivity contribution in [3.05, 3.63) is 107 Å². The van der Waals surface area contributed by atoms with Crippen molar-refractivity contribution in [2.75, 3.05) is 6.16 Å². The van der Waals surface area contributed by atoms with Gasteiger partial charge in [-0.1, -0.05) is 84.4 Å². The predicted molar refractivity (Wildman–Crippen MR) is 135 cm³/mol. The minimum Gasteiger partial charge on any atom is -0.459 e. The fourth-order valence-corrected chi connectivity index (χ4v) is 4.29. The third kappa shape index (κ3) is 9.84. The van der Waals surface area contributed by atoms with E-state index in [1.54, 1.807) is 60.7 Å². The lowest BCUT2D eigenvalue weighted by molar-refractivity contribution is -0.147. The lowest BCUT2D eigenvalue weighted by Gasteiger charge is -2.19. The summed E-state index contributed by atoms with van der Waals surface area (Å²) >= 11 is 5.85. The van der Waals surface area contributed by atoms with Gasteiger partial charge in [-0.2, -0.15) is 0 Å². The number of rotatable bonds is 12. The lowest BCUT2D eigenvalue weighted by atomic mass is 10.2. The van der Waals surface area contributed by atoms with Crippen LogP contribution in [-0.2, 0) is 43.2 Å². The molecule has 10 heteroatoms. The fourth-order valence-electron chi connectivity index (χ4n) is 3.10. The molecule has 1 amide bonds. The Hall–Kier alpha value is -3.16. The number of alkyl carbamates (subject to hydrolysis) is 1. The standard InChI is InChI=1S/C26H27ClNO7P/c27-23-13-11-22(12-14-23)19-35-36(31,32)16-15-24(25(29)33-17-20-7-3-1-4-8-20)28-26(30)34-18-21-9-5-2-6-10-21/h1-14,24H,15-19H2,(H,28,30)(H,31,32). The van der Waals surface area contributed by atoms with Gasteiger partial charge in [0.25, 0.3) is 0 Å². The highest BCUT2D eigenvalue weighted by atomic mass is 35.5. The molecule has 0 heterocycles. The van der Waals surface area contributed by atoms with Crippen LogP contribution in [0.3, 0.4) is 0 Å². The average Bonchev–Trinajstić information content (AvgIpc) is 2.89. The van der Waals surface area contributed by atoms with Crippen LogP contribution in [0.25, 0.3) is 0 Å². The molecule has 0 aromatic heterocycles. The lowest BCUT2D eigenvalue weighted by Crippen LogP contribution is -2.42. The van der Waals surface area contributed by atoms with Gasteiger partial charge in [0.05, 0.1) is 12.8 Å². The van der Waals surface area contributed by atoms with Crippen molar-refractivity contribution in [2.45, 2.75) is 32.3 Å². The van der Waals surface area contributed by atoms with Crippen molar-refractivity contribution < 1.29 is 33.0 Å². The number of hydrogen-bond donors (Lipinski definition) is 2. The molecule has 8 nitrogen and oxygen atoms in total. The van der Waals surface area contributed by atoms with Crippen molar-refractivity contribution in [1.82, 2.24) is 5.32 Å².